The van der Waals surface area contributed by atoms with Gasteiger partial charge in [-0.1, -0.05) is 18.5 Å². The number of hydrazine groups is 2. The van der Waals surface area contributed by atoms with E-state index in [4.69, 9.17) is 27.3 Å². The summed E-state index contributed by atoms with van der Waals surface area (Å²) in [6, 6.07) is 5.47. The number of benzene rings is 1. The summed E-state index contributed by atoms with van der Waals surface area (Å²) in [6.07, 6.45) is 0.745. The number of hydrogen-bond donors (Lipinski definition) is 5. The molecule has 0 fully saturated rings. The summed E-state index contributed by atoms with van der Waals surface area (Å²) in [5.41, 5.74) is 11.5. The fraction of sp³-hybridized carbons (Fsp3) is 0.500. The number of fused-ring (bicyclic) bond motifs is 1. The first-order chi connectivity index (χ1) is 14.2. The number of aliphatic hydroxyl groups is 1. The minimum Gasteiger partial charge on any atom is -0.399 e. The molecule has 3 rings (SSSR count). The number of nitrogens with zero attached hydrogens (tertiary/aromatic N) is 4. The van der Waals surface area contributed by atoms with Crippen molar-refractivity contribution in [2.24, 2.45) is 0 Å². The van der Waals surface area contributed by atoms with Crippen LogP contribution in [-0.4, -0.2) is 39.8 Å². The van der Waals surface area contributed by atoms with Crippen LogP contribution in [0.4, 0.5) is 34.6 Å². The monoisotopic (exact) mass is 434 g/mol. The summed E-state index contributed by atoms with van der Waals surface area (Å²) in [6.45, 7) is 10.3. The number of aliphatic hydroxyl groups excluding tert-OH is 1. The van der Waals surface area contributed by atoms with Gasteiger partial charge in [0.2, 0.25) is 5.95 Å². The van der Waals surface area contributed by atoms with Crippen molar-refractivity contribution >= 4 is 46.2 Å². The number of anilines is 6. The second-order valence-electron chi connectivity index (χ2n) is 7.93. The minimum atomic E-state index is -0.138. The van der Waals surface area contributed by atoms with Crippen LogP contribution in [0.15, 0.2) is 18.2 Å². The fourth-order valence-corrected chi connectivity index (χ4v) is 3.46. The lowest BCUT2D eigenvalue weighted by Crippen LogP contribution is -2.50. The van der Waals surface area contributed by atoms with Crippen molar-refractivity contribution in [1.29, 1.82) is 0 Å². The molecule has 9 nitrogen and oxygen atoms in total. The minimum absolute atomic E-state index is 0.00516. The zero-order valence-corrected chi connectivity index (χ0v) is 18.8. The van der Waals surface area contributed by atoms with Crippen molar-refractivity contribution in [2.75, 3.05) is 33.0 Å². The van der Waals surface area contributed by atoms with E-state index in [1.807, 2.05) is 16.9 Å². The van der Waals surface area contributed by atoms with Crippen LogP contribution in [0, 0.1) is 0 Å². The summed E-state index contributed by atoms with van der Waals surface area (Å²) in [5.74, 6) is 1.80. The molecule has 1 aromatic carbocycles. The highest BCUT2D eigenvalue weighted by Crippen LogP contribution is 2.41. The van der Waals surface area contributed by atoms with E-state index in [0.29, 0.717) is 22.5 Å². The highest BCUT2D eigenvalue weighted by molar-refractivity contribution is 6.31. The summed E-state index contributed by atoms with van der Waals surface area (Å²) >= 11 is 6.19. The van der Waals surface area contributed by atoms with Gasteiger partial charge < -0.3 is 21.5 Å². The number of hydrogen-bond acceptors (Lipinski definition) is 9. The molecule has 0 saturated carbocycles. The number of rotatable bonds is 8. The van der Waals surface area contributed by atoms with Gasteiger partial charge in [0.25, 0.3) is 0 Å². The van der Waals surface area contributed by atoms with Crippen LogP contribution in [-0.2, 0) is 0 Å². The number of halogens is 1. The van der Waals surface area contributed by atoms with E-state index in [1.165, 1.54) is 0 Å². The molecule has 1 unspecified atom stereocenters. The molecule has 10 heteroatoms. The highest BCUT2D eigenvalue weighted by Gasteiger charge is 2.35. The van der Waals surface area contributed by atoms with Crippen LogP contribution in [0.5, 0.6) is 0 Å². The Morgan fingerprint density at radius 3 is 2.40 bits per heavy atom. The van der Waals surface area contributed by atoms with Gasteiger partial charge in [-0.2, -0.15) is 9.97 Å². The van der Waals surface area contributed by atoms with E-state index >= 15 is 0 Å². The predicted octanol–water partition coefficient (Wildman–Crippen LogP) is 3.50. The van der Waals surface area contributed by atoms with E-state index in [1.54, 1.807) is 18.2 Å². The predicted molar refractivity (Wildman–Crippen MR) is 124 cm³/mol. The van der Waals surface area contributed by atoms with Gasteiger partial charge in [-0.25, -0.2) is 0 Å². The summed E-state index contributed by atoms with van der Waals surface area (Å²) in [4.78, 5) is 9.48. The average molecular weight is 435 g/mol. The fourth-order valence-electron chi connectivity index (χ4n) is 3.21. The quantitative estimate of drug-likeness (QED) is 0.398. The molecule has 0 radical (unpaired) electrons. The van der Waals surface area contributed by atoms with Gasteiger partial charge in [-0.15, -0.1) is 5.53 Å². The number of nitrogens with one attached hydrogen (secondary N) is 3. The topological polar surface area (TPSA) is 115 Å². The normalized spacial score (nSPS) is 14.4. The molecule has 1 aliphatic rings. The summed E-state index contributed by atoms with van der Waals surface area (Å²) in [5, 5.41) is 20.7. The molecule has 0 saturated heterocycles. The van der Waals surface area contributed by atoms with E-state index in [9.17, 15) is 5.11 Å². The van der Waals surface area contributed by atoms with Gasteiger partial charge >= 0.3 is 0 Å². The number of aromatic nitrogens is 2. The molecule has 2 aromatic rings. The molecule has 0 spiro atoms. The number of nitrogen functional groups attached to an aromatic ring is 1. The molecule has 1 atom stereocenters. The Bertz CT molecular complexity index is 867. The zero-order valence-electron chi connectivity index (χ0n) is 18.1. The molecule has 30 heavy (non-hydrogen) atoms. The van der Waals surface area contributed by atoms with Crippen LogP contribution < -0.4 is 31.9 Å². The van der Waals surface area contributed by atoms with Crippen molar-refractivity contribution in [3.8, 4) is 0 Å². The Kier molecular flexibility index (Phi) is 6.74. The van der Waals surface area contributed by atoms with Crippen molar-refractivity contribution in [1.82, 2.24) is 15.5 Å². The van der Waals surface area contributed by atoms with Gasteiger partial charge in [0.15, 0.2) is 11.6 Å². The largest absolute Gasteiger partial charge is 0.399 e. The maximum atomic E-state index is 9.61. The van der Waals surface area contributed by atoms with Gasteiger partial charge in [0, 0.05) is 28.5 Å². The first kappa shape index (κ1) is 22.2. The summed E-state index contributed by atoms with van der Waals surface area (Å²) < 4.78 is 0. The van der Waals surface area contributed by atoms with E-state index in [2.05, 4.69) is 43.9 Å². The zero-order chi connectivity index (χ0) is 22.0. The molecule has 2 heterocycles. The van der Waals surface area contributed by atoms with Crippen LogP contribution in [0.3, 0.4) is 0 Å². The molecule has 164 valence electrons. The Morgan fingerprint density at radius 1 is 1.13 bits per heavy atom. The van der Waals surface area contributed by atoms with Crippen molar-refractivity contribution in [3.05, 3.63) is 23.2 Å². The van der Waals surface area contributed by atoms with Gasteiger partial charge in [0.1, 0.15) is 5.69 Å². The Hall–Kier alpha value is -2.49. The molecule has 1 aliphatic heterocycles. The third-order valence-electron chi connectivity index (χ3n) is 4.81. The van der Waals surface area contributed by atoms with Crippen molar-refractivity contribution < 1.29 is 5.11 Å². The first-order valence-electron chi connectivity index (χ1n) is 10.2. The maximum Gasteiger partial charge on any atom is 0.227 e. The number of nitrogens with two attached hydrogens (primary N) is 1. The molecular formula is C20H31ClN8O. The Labute approximate surface area is 182 Å². The lowest BCUT2D eigenvalue weighted by molar-refractivity contribution is 0.271. The average Bonchev–Trinajstić information content (AvgIpc) is 3.05. The molecule has 1 aromatic heterocycles. The Morgan fingerprint density at radius 2 is 1.83 bits per heavy atom. The van der Waals surface area contributed by atoms with Crippen molar-refractivity contribution in [3.63, 3.8) is 0 Å². The first-order valence-corrected chi connectivity index (χ1v) is 10.6. The van der Waals surface area contributed by atoms with Crippen LogP contribution in [0.25, 0.3) is 0 Å². The second-order valence-corrected chi connectivity index (χ2v) is 8.36. The lowest BCUT2D eigenvalue weighted by atomic mass is 10.2. The third kappa shape index (κ3) is 4.63. The lowest BCUT2D eigenvalue weighted by Gasteiger charge is -2.27. The van der Waals surface area contributed by atoms with E-state index in [-0.39, 0.29) is 24.7 Å². The Balaban J connectivity index is 2.12. The summed E-state index contributed by atoms with van der Waals surface area (Å²) in [7, 11) is 0. The molecular weight excluding hydrogens is 404 g/mol. The standard InChI is InChI=1S/C20H31ClN8O/c1-6-15(10-30)24-20-25-18(23-16-8-13(21)7-14(22)9-16)17-19(26-20)29(12(4)5)27-28(17)11(2)3/h7-9,11-12,15,27,30H,6,10,22H2,1-5H3,(H2,23,24,25,26). The molecule has 0 aliphatic carbocycles. The van der Waals surface area contributed by atoms with Crippen molar-refractivity contribution in [2.45, 2.75) is 59.2 Å². The van der Waals surface area contributed by atoms with Gasteiger partial charge in [-0.05, 0) is 52.3 Å². The molecule has 0 amide bonds. The maximum absolute atomic E-state index is 9.61. The van der Waals surface area contributed by atoms with Gasteiger partial charge in [0.05, 0.1) is 12.6 Å². The van der Waals surface area contributed by atoms with Crippen LogP contribution in [0.1, 0.15) is 41.0 Å². The molecule has 0 bridgehead atoms. The third-order valence-corrected chi connectivity index (χ3v) is 5.03. The van der Waals surface area contributed by atoms with Crippen LogP contribution >= 0.6 is 11.6 Å². The SMILES string of the molecule is CCC(CO)Nc1nc(Nc2cc(N)cc(Cl)c2)c2c(n1)N(C(C)C)NN2C(C)C. The van der Waals surface area contributed by atoms with Crippen LogP contribution in [0.2, 0.25) is 5.02 Å². The molecule has 6 N–H and O–H groups in total. The smallest absolute Gasteiger partial charge is 0.227 e. The van der Waals surface area contributed by atoms with E-state index in [0.717, 1.165) is 23.6 Å². The van der Waals surface area contributed by atoms with E-state index < -0.39 is 0 Å². The van der Waals surface area contributed by atoms with Gasteiger partial charge in [-0.3, -0.25) is 10.0 Å². The highest BCUT2D eigenvalue weighted by atomic mass is 35.5. The second kappa shape index (κ2) is 9.11.